The van der Waals surface area contributed by atoms with Crippen LogP contribution in [0.5, 0.6) is 0 Å². The second-order valence-corrected chi connectivity index (χ2v) is 7.23. The van der Waals surface area contributed by atoms with Gasteiger partial charge in [-0.3, -0.25) is 19.3 Å². The highest BCUT2D eigenvalue weighted by molar-refractivity contribution is 6.22. The molecule has 9 nitrogen and oxygen atoms in total. The van der Waals surface area contributed by atoms with Crippen molar-refractivity contribution < 1.29 is 28.7 Å². The van der Waals surface area contributed by atoms with Crippen molar-refractivity contribution in [1.29, 1.82) is 5.26 Å². The third-order valence-electron chi connectivity index (χ3n) is 5.08. The van der Waals surface area contributed by atoms with Crippen LogP contribution in [-0.2, 0) is 14.3 Å². The second-order valence-electron chi connectivity index (χ2n) is 7.23. The van der Waals surface area contributed by atoms with E-state index in [1.54, 1.807) is 30.3 Å². The number of carbonyl (C=O) groups is 4. The van der Waals surface area contributed by atoms with Crippen LogP contribution in [0.3, 0.4) is 0 Å². The van der Waals surface area contributed by atoms with Crippen molar-refractivity contribution in [2.75, 3.05) is 38.3 Å². The van der Waals surface area contributed by atoms with Gasteiger partial charge < -0.3 is 14.4 Å². The molecule has 3 rings (SSSR count). The first-order valence-corrected chi connectivity index (χ1v) is 10.4. The Morgan fingerprint density at radius 2 is 1.79 bits per heavy atom. The fourth-order valence-electron chi connectivity index (χ4n) is 3.44. The summed E-state index contributed by atoms with van der Waals surface area (Å²) in [6.45, 7) is 0.247. The number of benzene rings is 2. The number of imide groups is 1. The van der Waals surface area contributed by atoms with Crippen molar-refractivity contribution in [2.24, 2.45) is 0 Å². The summed E-state index contributed by atoms with van der Waals surface area (Å²) >= 11 is 0. The molecule has 0 saturated heterocycles. The average molecular weight is 449 g/mol. The van der Waals surface area contributed by atoms with Gasteiger partial charge in [-0.25, -0.2) is 4.79 Å². The number of rotatable bonds is 10. The molecule has 0 aromatic heterocycles. The molecule has 9 heteroatoms. The summed E-state index contributed by atoms with van der Waals surface area (Å²) in [5.41, 5.74) is 0.989. The highest BCUT2D eigenvalue weighted by Gasteiger charge is 2.35. The Balaban J connectivity index is 1.67. The Labute approximate surface area is 191 Å². The third-order valence-corrected chi connectivity index (χ3v) is 5.08. The van der Waals surface area contributed by atoms with E-state index in [-0.39, 0.29) is 36.2 Å². The summed E-state index contributed by atoms with van der Waals surface area (Å²) in [6.07, 6.45) is 0.624. The number of esters is 1. The van der Waals surface area contributed by atoms with E-state index in [2.05, 4.69) is 0 Å². The van der Waals surface area contributed by atoms with Gasteiger partial charge in [0.1, 0.15) is 0 Å². The van der Waals surface area contributed by atoms with Crippen LogP contribution in [0.4, 0.5) is 5.69 Å². The van der Waals surface area contributed by atoms with Crippen molar-refractivity contribution in [2.45, 2.75) is 12.8 Å². The number of fused-ring (bicyclic) bond motifs is 1. The van der Waals surface area contributed by atoms with Crippen LogP contribution in [0.1, 0.15) is 43.9 Å². The topological polar surface area (TPSA) is 117 Å². The summed E-state index contributed by atoms with van der Waals surface area (Å²) in [7, 11) is 1.54. The largest absolute Gasteiger partial charge is 0.452 e. The number of nitriles is 1. The normalized spacial score (nSPS) is 12.3. The monoisotopic (exact) mass is 449 g/mol. The number of amides is 3. The van der Waals surface area contributed by atoms with Crippen LogP contribution in [0, 0.1) is 11.3 Å². The predicted molar refractivity (Wildman–Crippen MR) is 118 cm³/mol. The van der Waals surface area contributed by atoms with E-state index in [0.29, 0.717) is 18.7 Å². The maximum absolute atomic E-state index is 12.7. The van der Waals surface area contributed by atoms with E-state index in [9.17, 15) is 19.2 Å². The lowest BCUT2D eigenvalue weighted by atomic mass is 10.1. The molecule has 0 N–H and O–H groups in total. The van der Waals surface area contributed by atoms with Crippen molar-refractivity contribution >= 4 is 29.4 Å². The van der Waals surface area contributed by atoms with Crippen LogP contribution in [-0.4, -0.2) is 62.0 Å². The minimum atomic E-state index is -0.794. The molecule has 1 aliphatic heterocycles. The molecule has 2 aromatic carbocycles. The number of carbonyl (C=O) groups excluding carboxylic acids is 4. The molecule has 0 spiro atoms. The van der Waals surface area contributed by atoms with E-state index >= 15 is 0 Å². The minimum absolute atomic E-state index is 0.0599. The summed E-state index contributed by atoms with van der Waals surface area (Å²) in [6, 6.07) is 14.9. The number of hydrogen-bond donors (Lipinski definition) is 0. The number of nitrogens with zero attached hydrogens (tertiary/aromatic N) is 3. The number of methoxy groups -OCH3 is 1. The summed E-state index contributed by atoms with van der Waals surface area (Å²) in [5, 5.41) is 8.87. The molecule has 0 fully saturated rings. The molecule has 1 aliphatic rings. The van der Waals surface area contributed by atoms with Gasteiger partial charge in [0, 0.05) is 32.5 Å². The highest BCUT2D eigenvalue weighted by Crippen LogP contribution is 2.24. The molecule has 0 unspecified atom stereocenters. The van der Waals surface area contributed by atoms with E-state index in [4.69, 9.17) is 14.7 Å². The Kier molecular flexibility index (Phi) is 7.89. The molecule has 0 radical (unpaired) electrons. The molecule has 0 bridgehead atoms. The zero-order valence-corrected chi connectivity index (χ0v) is 18.2. The summed E-state index contributed by atoms with van der Waals surface area (Å²) < 4.78 is 10.1. The SMILES string of the molecule is COCCCN1C(=O)c2ccc(C(=O)OCC(=O)N(CCC#N)c3ccccc3)cc2C1=O. The van der Waals surface area contributed by atoms with Gasteiger partial charge in [0.05, 0.1) is 29.2 Å². The van der Waals surface area contributed by atoms with E-state index in [1.165, 1.54) is 30.2 Å². The van der Waals surface area contributed by atoms with Crippen LogP contribution in [0.25, 0.3) is 0 Å². The number of ether oxygens (including phenoxy) is 2. The fourth-order valence-corrected chi connectivity index (χ4v) is 3.44. The zero-order valence-electron chi connectivity index (χ0n) is 18.2. The van der Waals surface area contributed by atoms with Crippen LogP contribution in [0.2, 0.25) is 0 Å². The predicted octanol–water partition coefficient (Wildman–Crippen LogP) is 2.42. The first-order chi connectivity index (χ1) is 16.0. The van der Waals surface area contributed by atoms with Gasteiger partial charge >= 0.3 is 5.97 Å². The van der Waals surface area contributed by atoms with Gasteiger partial charge in [0.25, 0.3) is 17.7 Å². The van der Waals surface area contributed by atoms with Crippen molar-refractivity contribution in [3.05, 3.63) is 65.2 Å². The smallest absolute Gasteiger partial charge is 0.338 e. The van der Waals surface area contributed by atoms with Gasteiger partial charge in [-0.15, -0.1) is 0 Å². The second kappa shape index (κ2) is 11.0. The molecule has 33 heavy (non-hydrogen) atoms. The van der Waals surface area contributed by atoms with Gasteiger partial charge in [-0.2, -0.15) is 5.26 Å². The molecule has 0 atom stereocenters. The minimum Gasteiger partial charge on any atom is -0.452 e. The van der Waals surface area contributed by atoms with Crippen molar-refractivity contribution in [3.8, 4) is 6.07 Å². The number of anilines is 1. The maximum Gasteiger partial charge on any atom is 0.338 e. The van der Waals surface area contributed by atoms with Crippen molar-refractivity contribution in [3.63, 3.8) is 0 Å². The summed E-state index contributed by atoms with van der Waals surface area (Å²) in [4.78, 5) is 52.8. The maximum atomic E-state index is 12.7. The molecule has 2 aromatic rings. The Morgan fingerprint density at radius 3 is 2.48 bits per heavy atom. The van der Waals surface area contributed by atoms with E-state index in [1.807, 2.05) is 6.07 Å². The van der Waals surface area contributed by atoms with Crippen LogP contribution < -0.4 is 4.90 Å². The fraction of sp³-hybridized carbons (Fsp3) is 0.292. The third kappa shape index (κ3) is 5.42. The van der Waals surface area contributed by atoms with Gasteiger partial charge in [-0.1, -0.05) is 18.2 Å². The number of para-hydroxylation sites is 1. The van der Waals surface area contributed by atoms with Crippen LogP contribution in [0.15, 0.2) is 48.5 Å². The molecule has 1 heterocycles. The Morgan fingerprint density at radius 1 is 1.06 bits per heavy atom. The standard InChI is InChI=1S/C24H23N3O6/c1-32-14-6-13-27-22(29)19-10-9-17(15-20(19)23(27)30)24(31)33-16-21(28)26(12-5-11-25)18-7-3-2-4-8-18/h2-4,7-10,15H,5-6,12-14,16H2,1H3. The van der Waals surface area contributed by atoms with E-state index < -0.39 is 30.3 Å². The number of hydrogen-bond acceptors (Lipinski definition) is 7. The summed E-state index contributed by atoms with van der Waals surface area (Å²) in [5.74, 6) is -2.18. The molecule has 3 amide bonds. The van der Waals surface area contributed by atoms with Gasteiger partial charge in [-0.05, 0) is 36.8 Å². The van der Waals surface area contributed by atoms with Crippen molar-refractivity contribution in [1.82, 2.24) is 4.90 Å². The first kappa shape index (κ1) is 23.6. The lowest BCUT2D eigenvalue weighted by molar-refractivity contribution is -0.121. The molecular formula is C24H23N3O6. The highest BCUT2D eigenvalue weighted by atomic mass is 16.5. The lowest BCUT2D eigenvalue weighted by Gasteiger charge is -2.21. The molecule has 170 valence electrons. The molecular weight excluding hydrogens is 426 g/mol. The van der Waals surface area contributed by atoms with Gasteiger partial charge in [0.2, 0.25) is 0 Å². The molecule has 0 saturated carbocycles. The zero-order chi connectivity index (χ0) is 23.8. The Bertz CT molecular complexity index is 1090. The molecule has 0 aliphatic carbocycles. The first-order valence-electron chi connectivity index (χ1n) is 10.4. The van der Waals surface area contributed by atoms with E-state index in [0.717, 1.165) is 4.90 Å². The lowest BCUT2D eigenvalue weighted by Crippen LogP contribution is -2.35. The average Bonchev–Trinajstić information content (AvgIpc) is 3.07. The van der Waals surface area contributed by atoms with Gasteiger partial charge in [0.15, 0.2) is 6.61 Å². The van der Waals surface area contributed by atoms with Crippen LogP contribution >= 0.6 is 0 Å². The Hall–Kier alpha value is -4.03. The quantitative estimate of drug-likeness (QED) is 0.311.